The quantitative estimate of drug-likeness (QED) is 0.492. The first-order chi connectivity index (χ1) is 21.5. The van der Waals surface area contributed by atoms with Crippen LogP contribution in [0.3, 0.4) is 0 Å². The summed E-state index contributed by atoms with van der Waals surface area (Å²) in [5.41, 5.74) is 3.21. The van der Waals surface area contributed by atoms with Gasteiger partial charge in [0.2, 0.25) is 0 Å². The smallest absolute Gasteiger partial charge is 0.256 e. The third-order valence-electron chi connectivity index (χ3n) is 9.42. The number of nitrogens with zero attached hydrogens (tertiary/aromatic N) is 5. The van der Waals surface area contributed by atoms with Crippen LogP contribution in [0.5, 0.6) is 17.2 Å². The standard InChI is InChI=1S/C33H39N5O6/c1-42-30-16-26-22(6-7-24-4-2-8-37(24)32(26)40)15-31(30)44-21-36-12-10-35(11-13-36)20-43-29-17-28-27(14-23(29)19-39)33(41)38-9-3-5-25(38)18-34-28/h6-7,14-18,24-25,39H,2-5,8-13,19-21H2,1H3/t24-,25-/m0/s1. The molecule has 2 aromatic rings. The Labute approximate surface area is 257 Å². The van der Waals surface area contributed by atoms with Crippen LogP contribution >= 0.6 is 0 Å². The summed E-state index contributed by atoms with van der Waals surface area (Å²) in [6, 6.07) is 7.42. The molecule has 2 aromatic carbocycles. The summed E-state index contributed by atoms with van der Waals surface area (Å²) in [5.74, 6) is 1.75. The van der Waals surface area contributed by atoms with E-state index in [2.05, 4.69) is 20.9 Å². The minimum absolute atomic E-state index is 0.0339. The average molecular weight is 602 g/mol. The second-order valence-electron chi connectivity index (χ2n) is 12.1. The molecule has 5 aliphatic heterocycles. The average Bonchev–Trinajstić information content (AvgIpc) is 3.69. The predicted octanol–water partition coefficient (Wildman–Crippen LogP) is 3.13. The molecule has 0 bridgehead atoms. The van der Waals surface area contributed by atoms with Crippen LogP contribution in [0.4, 0.5) is 5.69 Å². The van der Waals surface area contributed by atoms with Gasteiger partial charge < -0.3 is 29.1 Å². The van der Waals surface area contributed by atoms with E-state index in [1.807, 2.05) is 28.2 Å². The molecule has 3 saturated heterocycles. The Morgan fingerprint density at radius 1 is 0.795 bits per heavy atom. The second kappa shape index (κ2) is 12.2. The molecule has 0 unspecified atom stereocenters. The van der Waals surface area contributed by atoms with Gasteiger partial charge in [0.15, 0.2) is 11.5 Å². The SMILES string of the molecule is COc1cc2c(cc1OCN1CCN(COc3cc4c(cc3CO)C(=O)N3CCC[C@H]3C=N4)CC1)C=C[C@@H]1CCCN1C2=O. The molecule has 5 aliphatic rings. The summed E-state index contributed by atoms with van der Waals surface area (Å²) in [4.78, 5) is 39.1. The highest BCUT2D eigenvalue weighted by molar-refractivity contribution is 6.03. The molecule has 5 heterocycles. The highest BCUT2D eigenvalue weighted by atomic mass is 16.5. The monoisotopic (exact) mass is 601 g/mol. The summed E-state index contributed by atoms with van der Waals surface area (Å²) in [7, 11) is 1.60. The first-order valence-electron chi connectivity index (χ1n) is 15.6. The Morgan fingerprint density at radius 3 is 2.16 bits per heavy atom. The molecule has 3 fully saturated rings. The lowest BCUT2D eigenvalue weighted by atomic mass is 10.1. The van der Waals surface area contributed by atoms with Crippen molar-refractivity contribution in [2.75, 3.05) is 59.8 Å². The van der Waals surface area contributed by atoms with E-state index in [1.54, 1.807) is 25.3 Å². The first-order valence-corrected chi connectivity index (χ1v) is 15.6. The van der Waals surface area contributed by atoms with Gasteiger partial charge >= 0.3 is 0 Å². The van der Waals surface area contributed by atoms with Crippen LogP contribution in [0.15, 0.2) is 35.3 Å². The number of aliphatic imine (C=N–C) groups is 1. The number of methoxy groups -OCH3 is 1. The van der Waals surface area contributed by atoms with Gasteiger partial charge in [0, 0.05) is 57.1 Å². The van der Waals surface area contributed by atoms with Crippen molar-refractivity contribution in [3.63, 3.8) is 0 Å². The number of ether oxygens (including phenoxy) is 3. The maximum Gasteiger partial charge on any atom is 0.256 e. The molecule has 232 valence electrons. The zero-order chi connectivity index (χ0) is 30.2. The number of amides is 2. The number of rotatable bonds is 8. The van der Waals surface area contributed by atoms with Crippen LogP contribution in [-0.4, -0.2) is 115 Å². The van der Waals surface area contributed by atoms with Crippen molar-refractivity contribution in [1.29, 1.82) is 0 Å². The maximum absolute atomic E-state index is 13.2. The van der Waals surface area contributed by atoms with Crippen molar-refractivity contribution in [3.05, 3.63) is 52.6 Å². The van der Waals surface area contributed by atoms with E-state index < -0.39 is 0 Å². The largest absolute Gasteiger partial charge is 0.493 e. The van der Waals surface area contributed by atoms with Crippen LogP contribution in [-0.2, 0) is 6.61 Å². The Kier molecular flexibility index (Phi) is 8.00. The predicted molar refractivity (Wildman–Crippen MR) is 165 cm³/mol. The van der Waals surface area contributed by atoms with E-state index in [0.29, 0.717) is 53.1 Å². The van der Waals surface area contributed by atoms with Gasteiger partial charge in [0.05, 0.1) is 42.6 Å². The van der Waals surface area contributed by atoms with E-state index in [4.69, 9.17) is 14.2 Å². The third-order valence-corrected chi connectivity index (χ3v) is 9.42. The maximum atomic E-state index is 13.2. The number of hydrogen-bond acceptors (Lipinski definition) is 9. The fraction of sp³-hybridized carbons (Fsp3) is 0.485. The van der Waals surface area contributed by atoms with E-state index in [1.165, 1.54) is 0 Å². The van der Waals surface area contributed by atoms with Crippen LogP contribution in [0.2, 0.25) is 0 Å². The van der Waals surface area contributed by atoms with Gasteiger partial charge in [-0.05, 0) is 49.4 Å². The van der Waals surface area contributed by atoms with E-state index in [-0.39, 0.29) is 30.5 Å². The molecule has 0 radical (unpaired) electrons. The molecular formula is C33H39N5O6. The minimum atomic E-state index is -0.219. The van der Waals surface area contributed by atoms with Gasteiger partial charge in [-0.2, -0.15) is 0 Å². The molecule has 2 amide bonds. The molecule has 44 heavy (non-hydrogen) atoms. The number of carbonyl (C=O) groups excluding carboxylic acids is 2. The van der Waals surface area contributed by atoms with Crippen LogP contribution in [0, 0.1) is 0 Å². The topological polar surface area (TPSA) is 107 Å². The molecule has 0 saturated carbocycles. The molecule has 2 atom stereocenters. The van der Waals surface area contributed by atoms with Crippen LogP contribution < -0.4 is 14.2 Å². The van der Waals surface area contributed by atoms with E-state index in [0.717, 1.165) is 70.5 Å². The third kappa shape index (κ3) is 5.44. The van der Waals surface area contributed by atoms with E-state index >= 15 is 0 Å². The van der Waals surface area contributed by atoms with Gasteiger partial charge in [-0.15, -0.1) is 0 Å². The van der Waals surface area contributed by atoms with Gasteiger partial charge in [-0.3, -0.25) is 24.4 Å². The molecule has 1 N–H and O–H groups in total. The molecular weight excluding hydrogens is 562 g/mol. The van der Waals surface area contributed by atoms with E-state index in [9.17, 15) is 14.7 Å². The minimum Gasteiger partial charge on any atom is -0.493 e. The van der Waals surface area contributed by atoms with Crippen LogP contribution in [0.1, 0.15) is 57.5 Å². The number of aliphatic hydroxyl groups excluding tert-OH is 1. The fourth-order valence-electron chi connectivity index (χ4n) is 6.83. The fourth-order valence-corrected chi connectivity index (χ4v) is 6.83. The molecule has 7 rings (SSSR count). The highest BCUT2D eigenvalue weighted by Gasteiger charge is 2.33. The molecule has 0 aliphatic carbocycles. The van der Waals surface area contributed by atoms with Gasteiger partial charge in [0.25, 0.3) is 11.8 Å². The lowest BCUT2D eigenvalue weighted by Gasteiger charge is -2.34. The molecule has 0 spiro atoms. The summed E-state index contributed by atoms with van der Waals surface area (Å²) in [5, 5.41) is 10.0. The number of fused-ring (bicyclic) bond motifs is 4. The van der Waals surface area contributed by atoms with Crippen molar-refractivity contribution >= 4 is 29.8 Å². The number of benzene rings is 2. The summed E-state index contributed by atoms with van der Waals surface area (Å²) in [6.07, 6.45) is 9.95. The first kappa shape index (κ1) is 28.8. The summed E-state index contributed by atoms with van der Waals surface area (Å²) in [6.45, 7) is 5.22. The molecule has 0 aromatic heterocycles. The Morgan fingerprint density at radius 2 is 1.45 bits per heavy atom. The van der Waals surface area contributed by atoms with Crippen molar-refractivity contribution in [2.24, 2.45) is 4.99 Å². The summed E-state index contributed by atoms with van der Waals surface area (Å²) < 4.78 is 18.0. The number of carbonyl (C=O) groups is 2. The highest BCUT2D eigenvalue weighted by Crippen LogP contribution is 2.36. The van der Waals surface area contributed by atoms with Crippen molar-refractivity contribution < 1.29 is 28.9 Å². The van der Waals surface area contributed by atoms with Gasteiger partial charge in [-0.25, -0.2) is 0 Å². The lowest BCUT2D eigenvalue weighted by molar-refractivity contribution is 0.0319. The number of aliphatic hydroxyl groups is 1. The number of piperazine rings is 1. The van der Waals surface area contributed by atoms with Crippen LogP contribution in [0.25, 0.3) is 6.08 Å². The van der Waals surface area contributed by atoms with Gasteiger partial charge in [-0.1, -0.05) is 12.2 Å². The zero-order valence-electron chi connectivity index (χ0n) is 25.1. The zero-order valence-corrected chi connectivity index (χ0v) is 25.1. The normalized spacial score (nSPS) is 23.1. The lowest BCUT2D eigenvalue weighted by Crippen LogP contribution is -2.48. The Bertz CT molecular complexity index is 1390. The Hall–Kier alpha value is -3.93. The van der Waals surface area contributed by atoms with Gasteiger partial charge in [0.1, 0.15) is 19.2 Å². The second-order valence-corrected chi connectivity index (χ2v) is 12.1. The Balaban J connectivity index is 0.950. The summed E-state index contributed by atoms with van der Waals surface area (Å²) >= 11 is 0. The molecule has 11 heteroatoms. The van der Waals surface area contributed by atoms with Crippen molar-refractivity contribution in [1.82, 2.24) is 19.6 Å². The molecule has 11 nitrogen and oxygen atoms in total. The van der Waals surface area contributed by atoms with Crippen molar-refractivity contribution in [2.45, 2.75) is 44.4 Å². The number of hydrogen-bond donors (Lipinski definition) is 1. The van der Waals surface area contributed by atoms with Crippen molar-refractivity contribution in [3.8, 4) is 17.2 Å².